The number of likely N-dealkylation sites (N-methyl/N-ethyl adjacent to an activating group) is 1. The van der Waals surface area contributed by atoms with E-state index in [1.165, 1.54) is 19.2 Å². The SMILES string of the molecule is Cc1cc(C(=O)N2CCCCC2C)ccc1NC(=O)CN(C)S(=O)(=O)c1ccccc1. The summed E-state index contributed by atoms with van der Waals surface area (Å²) in [5, 5.41) is 2.75. The summed E-state index contributed by atoms with van der Waals surface area (Å²) in [7, 11) is -2.38. The topological polar surface area (TPSA) is 86.8 Å². The molecule has 3 rings (SSSR count). The number of rotatable bonds is 6. The summed E-state index contributed by atoms with van der Waals surface area (Å²) in [4.78, 5) is 27.4. The van der Waals surface area contributed by atoms with Crippen LogP contribution in [0.25, 0.3) is 0 Å². The first kappa shape index (κ1) is 23.0. The number of likely N-dealkylation sites (tertiary alicyclic amines) is 1. The van der Waals surface area contributed by atoms with Crippen molar-refractivity contribution >= 4 is 27.5 Å². The van der Waals surface area contributed by atoms with E-state index in [0.717, 1.165) is 35.7 Å². The Balaban J connectivity index is 1.66. The summed E-state index contributed by atoms with van der Waals surface area (Å²) in [6, 6.07) is 13.4. The Bertz CT molecular complexity index is 1050. The molecule has 1 heterocycles. The number of nitrogens with one attached hydrogen (secondary N) is 1. The van der Waals surface area contributed by atoms with Crippen molar-refractivity contribution in [3.63, 3.8) is 0 Å². The van der Waals surface area contributed by atoms with Gasteiger partial charge in [0.15, 0.2) is 0 Å². The van der Waals surface area contributed by atoms with Crippen LogP contribution in [0.2, 0.25) is 0 Å². The average Bonchev–Trinajstić information content (AvgIpc) is 2.75. The zero-order valence-electron chi connectivity index (χ0n) is 18.2. The minimum Gasteiger partial charge on any atom is -0.336 e. The fraction of sp³-hybridized carbons (Fsp3) is 0.391. The lowest BCUT2D eigenvalue weighted by Crippen LogP contribution is -2.42. The van der Waals surface area contributed by atoms with Gasteiger partial charge in [-0.3, -0.25) is 9.59 Å². The third-order valence-corrected chi connectivity index (χ3v) is 7.45. The number of anilines is 1. The predicted octanol–water partition coefficient (Wildman–Crippen LogP) is 3.27. The first-order chi connectivity index (χ1) is 14.7. The lowest BCUT2D eigenvalue weighted by molar-refractivity contribution is -0.116. The van der Waals surface area contributed by atoms with E-state index in [0.29, 0.717) is 11.3 Å². The van der Waals surface area contributed by atoms with Crippen molar-refractivity contribution in [2.75, 3.05) is 25.5 Å². The summed E-state index contributed by atoms with van der Waals surface area (Å²) in [6.07, 6.45) is 3.17. The van der Waals surface area contributed by atoms with Crippen LogP contribution in [0.1, 0.15) is 42.1 Å². The second-order valence-corrected chi connectivity index (χ2v) is 10.0. The molecule has 1 N–H and O–H groups in total. The molecule has 0 spiro atoms. The molecule has 2 amide bonds. The first-order valence-electron chi connectivity index (χ1n) is 10.4. The molecule has 0 bridgehead atoms. The number of sulfonamides is 1. The van der Waals surface area contributed by atoms with Gasteiger partial charge in [-0.1, -0.05) is 18.2 Å². The molecule has 1 fully saturated rings. The Kier molecular flexibility index (Phi) is 7.12. The molecule has 0 saturated carbocycles. The highest BCUT2D eigenvalue weighted by Crippen LogP contribution is 2.22. The van der Waals surface area contributed by atoms with E-state index in [1.807, 2.05) is 11.8 Å². The number of nitrogens with zero attached hydrogens (tertiary/aromatic N) is 2. The molecular weight excluding hydrogens is 414 g/mol. The first-order valence-corrected chi connectivity index (χ1v) is 11.9. The molecule has 7 nitrogen and oxygen atoms in total. The van der Waals surface area contributed by atoms with Crippen LogP contribution in [0, 0.1) is 6.92 Å². The maximum atomic E-state index is 12.9. The Hall–Kier alpha value is -2.71. The minimum atomic E-state index is -3.75. The van der Waals surface area contributed by atoms with E-state index in [4.69, 9.17) is 0 Å². The van der Waals surface area contributed by atoms with E-state index in [-0.39, 0.29) is 23.4 Å². The van der Waals surface area contributed by atoms with Crippen LogP contribution in [0.3, 0.4) is 0 Å². The van der Waals surface area contributed by atoms with Gasteiger partial charge in [-0.05, 0) is 69.0 Å². The molecule has 8 heteroatoms. The number of aryl methyl sites for hydroxylation is 1. The standard InChI is InChI=1S/C23H29N3O4S/c1-17-15-19(23(28)26-14-8-7-9-18(26)2)12-13-21(17)24-22(27)16-25(3)31(29,30)20-10-5-4-6-11-20/h4-6,10-13,15,18H,7-9,14,16H2,1-3H3,(H,24,27). The van der Waals surface area contributed by atoms with Crippen molar-refractivity contribution in [1.29, 1.82) is 0 Å². The average molecular weight is 444 g/mol. The second kappa shape index (κ2) is 9.62. The summed E-state index contributed by atoms with van der Waals surface area (Å²) in [6.45, 7) is 4.33. The number of benzene rings is 2. The van der Waals surface area contributed by atoms with Gasteiger partial charge in [-0.15, -0.1) is 0 Å². The third kappa shape index (κ3) is 5.32. The zero-order chi connectivity index (χ0) is 22.6. The Labute approximate surface area is 184 Å². The van der Waals surface area contributed by atoms with Crippen molar-refractivity contribution in [3.05, 3.63) is 59.7 Å². The van der Waals surface area contributed by atoms with Crippen molar-refractivity contribution in [1.82, 2.24) is 9.21 Å². The van der Waals surface area contributed by atoms with Crippen LogP contribution in [-0.4, -0.2) is 55.6 Å². The van der Waals surface area contributed by atoms with E-state index in [2.05, 4.69) is 12.2 Å². The van der Waals surface area contributed by atoms with E-state index in [1.54, 1.807) is 36.4 Å². The molecule has 0 aliphatic carbocycles. The normalized spacial score (nSPS) is 16.9. The summed E-state index contributed by atoms with van der Waals surface area (Å²) >= 11 is 0. The van der Waals surface area contributed by atoms with Crippen LogP contribution in [0.5, 0.6) is 0 Å². The van der Waals surface area contributed by atoms with Gasteiger partial charge in [0.2, 0.25) is 15.9 Å². The quantitative estimate of drug-likeness (QED) is 0.742. The minimum absolute atomic E-state index is 0.00173. The Morgan fingerprint density at radius 1 is 1.13 bits per heavy atom. The van der Waals surface area contributed by atoms with E-state index >= 15 is 0 Å². The van der Waals surface area contributed by atoms with Gasteiger partial charge < -0.3 is 10.2 Å². The molecule has 31 heavy (non-hydrogen) atoms. The van der Waals surface area contributed by atoms with Crippen molar-refractivity contribution < 1.29 is 18.0 Å². The molecular formula is C23H29N3O4S. The predicted molar refractivity (Wildman–Crippen MR) is 120 cm³/mol. The van der Waals surface area contributed by atoms with Gasteiger partial charge in [0.05, 0.1) is 11.4 Å². The van der Waals surface area contributed by atoms with Crippen LogP contribution >= 0.6 is 0 Å². The molecule has 1 atom stereocenters. The van der Waals surface area contributed by atoms with Crippen molar-refractivity contribution in [3.8, 4) is 0 Å². The molecule has 2 aromatic carbocycles. The molecule has 2 aromatic rings. The van der Waals surface area contributed by atoms with Crippen LogP contribution in [-0.2, 0) is 14.8 Å². The lowest BCUT2D eigenvalue weighted by Gasteiger charge is -2.33. The molecule has 1 saturated heterocycles. The molecule has 0 radical (unpaired) electrons. The molecule has 1 unspecified atom stereocenters. The number of carbonyl (C=O) groups is 2. The molecule has 0 aromatic heterocycles. The van der Waals surface area contributed by atoms with Crippen LogP contribution in [0.15, 0.2) is 53.4 Å². The van der Waals surface area contributed by atoms with Gasteiger partial charge in [-0.2, -0.15) is 4.31 Å². The highest BCUT2D eigenvalue weighted by Gasteiger charge is 2.25. The maximum Gasteiger partial charge on any atom is 0.254 e. The number of amides is 2. The van der Waals surface area contributed by atoms with Crippen LogP contribution in [0.4, 0.5) is 5.69 Å². The fourth-order valence-electron chi connectivity index (χ4n) is 3.75. The number of carbonyl (C=O) groups excluding carboxylic acids is 2. The summed E-state index contributed by atoms with van der Waals surface area (Å²) in [5.74, 6) is -0.448. The third-order valence-electron chi connectivity index (χ3n) is 5.63. The van der Waals surface area contributed by atoms with Gasteiger partial charge in [-0.25, -0.2) is 8.42 Å². The molecule has 1 aliphatic heterocycles. The smallest absolute Gasteiger partial charge is 0.254 e. The largest absolute Gasteiger partial charge is 0.336 e. The van der Waals surface area contributed by atoms with Gasteiger partial charge in [0, 0.05) is 30.9 Å². The Morgan fingerprint density at radius 3 is 2.48 bits per heavy atom. The van der Waals surface area contributed by atoms with E-state index in [9.17, 15) is 18.0 Å². The second-order valence-electron chi connectivity index (χ2n) is 8.00. The van der Waals surface area contributed by atoms with Crippen LogP contribution < -0.4 is 5.32 Å². The van der Waals surface area contributed by atoms with Crippen molar-refractivity contribution in [2.45, 2.75) is 44.0 Å². The van der Waals surface area contributed by atoms with Crippen molar-refractivity contribution in [2.24, 2.45) is 0 Å². The lowest BCUT2D eigenvalue weighted by atomic mass is 10.0. The fourth-order valence-corrected chi connectivity index (χ4v) is 4.90. The maximum absolute atomic E-state index is 12.9. The zero-order valence-corrected chi connectivity index (χ0v) is 19.0. The monoisotopic (exact) mass is 443 g/mol. The highest BCUT2D eigenvalue weighted by atomic mass is 32.2. The molecule has 1 aliphatic rings. The summed E-state index contributed by atoms with van der Waals surface area (Å²) in [5.41, 5.74) is 1.89. The molecule has 166 valence electrons. The van der Waals surface area contributed by atoms with Gasteiger partial charge in [0.25, 0.3) is 5.91 Å². The van der Waals surface area contributed by atoms with Gasteiger partial charge in [0.1, 0.15) is 0 Å². The number of hydrogen-bond donors (Lipinski definition) is 1. The Morgan fingerprint density at radius 2 is 1.84 bits per heavy atom. The number of piperidine rings is 1. The number of hydrogen-bond acceptors (Lipinski definition) is 4. The summed E-state index contributed by atoms with van der Waals surface area (Å²) < 4.78 is 26.2. The van der Waals surface area contributed by atoms with E-state index < -0.39 is 15.9 Å². The van der Waals surface area contributed by atoms with Gasteiger partial charge >= 0.3 is 0 Å². The highest BCUT2D eigenvalue weighted by molar-refractivity contribution is 7.89.